The number of anilines is 3. The molecule has 4 rings (SSSR count). The van der Waals surface area contributed by atoms with E-state index in [2.05, 4.69) is 38.6 Å². The van der Waals surface area contributed by atoms with Crippen LogP contribution in [-0.2, 0) is 11.3 Å². The second-order valence-electron chi connectivity index (χ2n) is 8.78. The number of rotatable bonds is 7. The maximum Gasteiger partial charge on any atom is 0.234 e. The number of nitrogens with zero attached hydrogens (tertiary/aromatic N) is 2. The largest absolute Gasteiger partial charge is 0.380 e. The molecule has 6 nitrogen and oxygen atoms in total. The molecule has 0 unspecified atom stereocenters. The number of carbonyl (C=O) groups excluding carboxylic acids is 1. The van der Waals surface area contributed by atoms with Crippen molar-refractivity contribution in [2.75, 3.05) is 47.8 Å². The molecular weight excluding hydrogens is 405 g/mol. The van der Waals surface area contributed by atoms with Gasteiger partial charge in [-0.05, 0) is 68.0 Å². The summed E-state index contributed by atoms with van der Waals surface area (Å²) in [5.41, 5.74) is 9.71. The van der Waals surface area contributed by atoms with Gasteiger partial charge < -0.3 is 26.2 Å². The zero-order valence-electron chi connectivity index (χ0n) is 18.7. The van der Waals surface area contributed by atoms with Crippen LogP contribution in [0.1, 0.15) is 37.7 Å². The Morgan fingerprint density at radius 3 is 2.56 bits per heavy atom. The number of hydrogen-bond acceptors (Lipinski definition) is 5. The van der Waals surface area contributed by atoms with Crippen LogP contribution in [0.25, 0.3) is 0 Å². The standard InChI is InChI=1S/C25H34FN5O/c26-20-6-4-8-22(14-20)31-13-5-7-21(18-31)29-24-15-23(30-11-2-1-3-12-30)10-9-19(24)17-28-25(32)16-27/h4,6,8-10,14-15,21,29H,1-3,5,7,11-13,16-18,27H2,(H,28,32)/t21-/m1/s1. The van der Waals surface area contributed by atoms with E-state index in [-0.39, 0.29) is 24.3 Å². The molecule has 0 bridgehead atoms. The molecule has 32 heavy (non-hydrogen) atoms. The quantitative estimate of drug-likeness (QED) is 0.616. The van der Waals surface area contributed by atoms with Gasteiger partial charge in [-0.3, -0.25) is 4.79 Å². The molecule has 2 aliphatic rings. The van der Waals surface area contributed by atoms with E-state index in [0.29, 0.717) is 6.54 Å². The van der Waals surface area contributed by atoms with Crippen LogP contribution in [0.4, 0.5) is 21.5 Å². The summed E-state index contributed by atoms with van der Waals surface area (Å²) in [6.45, 7) is 4.33. The van der Waals surface area contributed by atoms with Crippen molar-refractivity contribution in [3.05, 3.63) is 53.8 Å². The van der Waals surface area contributed by atoms with Gasteiger partial charge in [-0.25, -0.2) is 4.39 Å². The third-order valence-electron chi connectivity index (χ3n) is 6.43. The highest BCUT2D eigenvalue weighted by molar-refractivity contribution is 5.78. The van der Waals surface area contributed by atoms with E-state index >= 15 is 0 Å². The Morgan fingerprint density at radius 1 is 1.00 bits per heavy atom. The van der Waals surface area contributed by atoms with E-state index in [0.717, 1.165) is 56.0 Å². The van der Waals surface area contributed by atoms with Gasteiger partial charge in [0.05, 0.1) is 6.54 Å². The Kier molecular flexibility index (Phi) is 7.47. The fourth-order valence-corrected chi connectivity index (χ4v) is 4.69. The van der Waals surface area contributed by atoms with Crippen LogP contribution in [0.2, 0.25) is 0 Å². The minimum absolute atomic E-state index is 0.0140. The number of benzene rings is 2. The molecule has 2 fully saturated rings. The fraction of sp³-hybridized carbons (Fsp3) is 0.480. The highest BCUT2D eigenvalue weighted by atomic mass is 19.1. The Hall–Kier alpha value is -2.80. The summed E-state index contributed by atoms with van der Waals surface area (Å²) in [5.74, 6) is -0.365. The van der Waals surface area contributed by atoms with Gasteiger partial charge >= 0.3 is 0 Å². The van der Waals surface area contributed by atoms with Gasteiger partial charge in [-0.15, -0.1) is 0 Å². The molecule has 172 valence electrons. The van der Waals surface area contributed by atoms with E-state index < -0.39 is 0 Å². The molecule has 0 radical (unpaired) electrons. The van der Waals surface area contributed by atoms with Gasteiger partial charge in [-0.1, -0.05) is 12.1 Å². The molecule has 2 heterocycles. The summed E-state index contributed by atoms with van der Waals surface area (Å²) >= 11 is 0. The lowest BCUT2D eigenvalue weighted by molar-refractivity contribution is -0.119. The van der Waals surface area contributed by atoms with Crippen molar-refractivity contribution in [1.29, 1.82) is 0 Å². The van der Waals surface area contributed by atoms with Crippen molar-refractivity contribution < 1.29 is 9.18 Å². The molecule has 7 heteroatoms. The van der Waals surface area contributed by atoms with Crippen LogP contribution in [0.15, 0.2) is 42.5 Å². The topological polar surface area (TPSA) is 73.6 Å². The molecule has 1 atom stereocenters. The summed E-state index contributed by atoms with van der Waals surface area (Å²) in [5, 5.41) is 6.64. The van der Waals surface area contributed by atoms with Crippen molar-refractivity contribution in [2.24, 2.45) is 5.73 Å². The van der Waals surface area contributed by atoms with Crippen LogP contribution in [0.3, 0.4) is 0 Å². The van der Waals surface area contributed by atoms with Gasteiger partial charge in [0.1, 0.15) is 5.82 Å². The van der Waals surface area contributed by atoms with Gasteiger partial charge in [0.25, 0.3) is 0 Å². The Morgan fingerprint density at radius 2 is 1.78 bits per heavy atom. The number of piperidine rings is 2. The van der Waals surface area contributed by atoms with E-state index in [1.54, 1.807) is 12.1 Å². The van der Waals surface area contributed by atoms with E-state index in [1.807, 2.05) is 6.07 Å². The molecule has 1 amide bonds. The minimum atomic E-state index is -0.204. The minimum Gasteiger partial charge on any atom is -0.380 e. The Bertz CT molecular complexity index is 915. The third kappa shape index (κ3) is 5.71. The van der Waals surface area contributed by atoms with Crippen molar-refractivity contribution in [1.82, 2.24) is 5.32 Å². The number of carbonyl (C=O) groups is 1. The summed E-state index contributed by atoms with van der Waals surface area (Å²) in [6.07, 6.45) is 5.83. The monoisotopic (exact) mass is 439 g/mol. The number of nitrogens with one attached hydrogen (secondary N) is 2. The predicted octanol–water partition coefficient (Wildman–Crippen LogP) is 3.47. The lowest BCUT2D eigenvalue weighted by atomic mass is 10.0. The van der Waals surface area contributed by atoms with Crippen molar-refractivity contribution >= 4 is 23.0 Å². The van der Waals surface area contributed by atoms with Crippen molar-refractivity contribution in [3.63, 3.8) is 0 Å². The van der Waals surface area contributed by atoms with Crippen LogP contribution < -0.4 is 26.2 Å². The van der Waals surface area contributed by atoms with Crippen LogP contribution in [0.5, 0.6) is 0 Å². The Labute approximate surface area is 190 Å². The highest BCUT2D eigenvalue weighted by Gasteiger charge is 2.22. The molecule has 0 saturated carbocycles. The van der Waals surface area contributed by atoms with Gasteiger partial charge in [0.2, 0.25) is 5.91 Å². The smallest absolute Gasteiger partial charge is 0.234 e. The van der Waals surface area contributed by atoms with Gasteiger partial charge in [-0.2, -0.15) is 0 Å². The van der Waals surface area contributed by atoms with E-state index in [4.69, 9.17) is 5.73 Å². The van der Waals surface area contributed by atoms with Crippen LogP contribution in [0, 0.1) is 5.82 Å². The first-order valence-electron chi connectivity index (χ1n) is 11.7. The summed E-state index contributed by atoms with van der Waals surface area (Å²) in [6, 6.07) is 13.5. The summed E-state index contributed by atoms with van der Waals surface area (Å²) in [4.78, 5) is 16.4. The first kappa shape index (κ1) is 22.4. The first-order valence-corrected chi connectivity index (χ1v) is 11.7. The molecular formula is C25H34FN5O. The van der Waals surface area contributed by atoms with Crippen molar-refractivity contribution in [3.8, 4) is 0 Å². The number of amides is 1. The summed E-state index contributed by atoms with van der Waals surface area (Å²) in [7, 11) is 0. The predicted molar refractivity (Wildman–Crippen MR) is 129 cm³/mol. The lowest BCUT2D eigenvalue weighted by Crippen LogP contribution is -2.42. The van der Waals surface area contributed by atoms with Crippen LogP contribution in [-0.4, -0.2) is 44.7 Å². The maximum absolute atomic E-state index is 13.7. The lowest BCUT2D eigenvalue weighted by Gasteiger charge is -2.36. The average Bonchev–Trinajstić information content (AvgIpc) is 2.83. The Balaban J connectivity index is 1.51. The molecule has 4 N–H and O–H groups in total. The van der Waals surface area contributed by atoms with Crippen molar-refractivity contribution in [2.45, 2.75) is 44.7 Å². The SMILES string of the molecule is NCC(=O)NCc1ccc(N2CCCCC2)cc1N[C@@H]1CCCN(c2cccc(F)c2)C1. The normalized spacial score (nSPS) is 19.0. The average molecular weight is 440 g/mol. The van der Waals surface area contributed by atoms with Crippen LogP contribution >= 0.6 is 0 Å². The second-order valence-corrected chi connectivity index (χ2v) is 8.78. The molecule has 0 aromatic heterocycles. The molecule has 2 aromatic rings. The maximum atomic E-state index is 13.7. The zero-order chi connectivity index (χ0) is 22.3. The molecule has 2 aromatic carbocycles. The second kappa shape index (κ2) is 10.7. The number of nitrogens with two attached hydrogens (primary N) is 1. The molecule has 2 aliphatic heterocycles. The first-order chi connectivity index (χ1) is 15.6. The molecule has 0 aliphatic carbocycles. The highest BCUT2D eigenvalue weighted by Crippen LogP contribution is 2.29. The fourth-order valence-electron chi connectivity index (χ4n) is 4.69. The van der Waals surface area contributed by atoms with E-state index in [9.17, 15) is 9.18 Å². The van der Waals surface area contributed by atoms with Gasteiger partial charge in [0, 0.05) is 55.8 Å². The number of halogens is 1. The third-order valence-corrected chi connectivity index (χ3v) is 6.43. The van der Waals surface area contributed by atoms with Gasteiger partial charge in [0.15, 0.2) is 0 Å². The molecule has 2 saturated heterocycles. The molecule has 0 spiro atoms. The summed E-state index contributed by atoms with van der Waals surface area (Å²) < 4.78 is 13.7. The zero-order valence-corrected chi connectivity index (χ0v) is 18.7. The number of hydrogen-bond donors (Lipinski definition) is 3. The van der Waals surface area contributed by atoms with E-state index in [1.165, 1.54) is 31.0 Å².